The van der Waals surface area contributed by atoms with Gasteiger partial charge < -0.3 is 37.2 Å². The van der Waals surface area contributed by atoms with Crippen LogP contribution in [-0.2, 0) is 9.59 Å². The number of amides is 3. The molecule has 2 unspecified atom stereocenters. The molecule has 2 saturated heterocycles. The fourth-order valence-electron chi connectivity index (χ4n) is 6.20. The van der Waals surface area contributed by atoms with Crippen molar-refractivity contribution >= 4 is 40.4 Å². The number of imide groups is 1. The predicted octanol–water partition coefficient (Wildman–Crippen LogP) is -1.93. The number of hydrogen-bond donors (Lipinski definition) is 6. The van der Waals surface area contributed by atoms with E-state index in [2.05, 4.69) is 20.6 Å². The lowest BCUT2D eigenvalue weighted by molar-refractivity contribution is -0.230. The van der Waals surface area contributed by atoms with E-state index in [-0.39, 0.29) is 49.7 Å². The van der Waals surface area contributed by atoms with E-state index in [0.29, 0.717) is 5.56 Å². The molecular weight excluding hydrogens is 492 g/mol. The lowest BCUT2D eigenvalue weighted by atomic mass is 9.84. The van der Waals surface area contributed by atoms with Gasteiger partial charge in [-0.25, -0.2) is 9.98 Å². The second-order valence-electron chi connectivity index (χ2n) is 10.1. The molecule has 4 atom stereocenters. The van der Waals surface area contributed by atoms with Crippen molar-refractivity contribution in [3.8, 4) is 0 Å². The summed E-state index contributed by atoms with van der Waals surface area (Å²) in [6.07, 6.45) is 0.198. The minimum absolute atomic E-state index is 0.0621. The number of aliphatic hydroxyl groups is 2. The van der Waals surface area contributed by atoms with Crippen molar-refractivity contribution in [3.63, 3.8) is 0 Å². The fourth-order valence-corrected chi connectivity index (χ4v) is 6.20. The summed E-state index contributed by atoms with van der Waals surface area (Å²) in [6.45, 7) is 1.65. The largest absolute Gasteiger partial charge is 0.370 e. The van der Waals surface area contributed by atoms with Crippen LogP contribution >= 0.6 is 0 Å². The third-order valence-electron chi connectivity index (χ3n) is 7.99. The Morgan fingerprint density at radius 1 is 1.13 bits per heavy atom. The summed E-state index contributed by atoms with van der Waals surface area (Å²) < 4.78 is 0. The Morgan fingerprint density at radius 3 is 2.53 bits per heavy atom. The number of aliphatic imine (C=N–C) groups is 2. The summed E-state index contributed by atoms with van der Waals surface area (Å²) in [7, 11) is 0. The molecule has 0 radical (unpaired) electrons. The van der Waals surface area contributed by atoms with E-state index in [0.717, 1.165) is 21.2 Å². The van der Waals surface area contributed by atoms with Crippen LogP contribution in [0.15, 0.2) is 46.4 Å². The summed E-state index contributed by atoms with van der Waals surface area (Å²) in [6, 6.07) is 7.90. The van der Waals surface area contributed by atoms with E-state index in [9.17, 15) is 24.6 Å². The van der Waals surface area contributed by atoms with Crippen LogP contribution in [0, 0.1) is 6.92 Å². The minimum atomic E-state index is -2.63. The smallest absolute Gasteiger partial charge is 0.252 e. The maximum absolute atomic E-state index is 13.5. The number of nitrogens with two attached hydrogens (primary N) is 2. The quantitative estimate of drug-likeness (QED) is 0.196. The summed E-state index contributed by atoms with van der Waals surface area (Å²) in [5, 5.41) is 30.5. The Labute approximate surface area is 217 Å². The minimum Gasteiger partial charge on any atom is -0.370 e. The molecule has 2 aromatic rings. The van der Waals surface area contributed by atoms with E-state index in [1.165, 1.54) is 4.90 Å². The Hall–Kier alpha value is -4.23. The van der Waals surface area contributed by atoms with Gasteiger partial charge in [-0.3, -0.25) is 19.3 Å². The van der Waals surface area contributed by atoms with Crippen LogP contribution in [0.3, 0.4) is 0 Å². The highest BCUT2D eigenvalue weighted by Gasteiger charge is 2.73. The van der Waals surface area contributed by atoms with Crippen molar-refractivity contribution < 1.29 is 24.6 Å². The molecule has 2 fully saturated rings. The van der Waals surface area contributed by atoms with E-state index >= 15 is 0 Å². The first-order valence-electron chi connectivity index (χ1n) is 12.3. The molecule has 0 saturated carbocycles. The molecule has 4 aliphatic rings. The van der Waals surface area contributed by atoms with E-state index in [1.54, 1.807) is 12.1 Å². The molecule has 3 amide bonds. The van der Waals surface area contributed by atoms with Gasteiger partial charge >= 0.3 is 0 Å². The molecule has 0 bridgehead atoms. The number of carbonyl (C=O) groups is 3. The first-order chi connectivity index (χ1) is 18.0. The van der Waals surface area contributed by atoms with Crippen molar-refractivity contribution in [1.82, 2.24) is 20.4 Å². The molecule has 1 spiro atoms. The molecule has 13 heteroatoms. The van der Waals surface area contributed by atoms with Gasteiger partial charge in [0.05, 0.1) is 12.6 Å². The molecule has 4 aliphatic heterocycles. The zero-order valence-corrected chi connectivity index (χ0v) is 20.6. The van der Waals surface area contributed by atoms with E-state index in [4.69, 9.17) is 11.5 Å². The molecule has 4 heterocycles. The van der Waals surface area contributed by atoms with Gasteiger partial charge in [-0.15, -0.1) is 0 Å². The van der Waals surface area contributed by atoms with Crippen LogP contribution in [0.25, 0.3) is 10.8 Å². The van der Waals surface area contributed by atoms with Gasteiger partial charge in [-0.05, 0) is 29.3 Å². The topological polar surface area (TPSA) is 199 Å². The first-order valence-corrected chi connectivity index (χ1v) is 12.3. The van der Waals surface area contributed by atoms with Gasteiger partial charge in [-0.1, -0.05) is 30.3 Å². The highest BCUT2D eigenvalue weighted by Crippen LogP contribution is 2.45. The number of rotatable bonds is 4. The van der Waals surface area contributed by atoms with Crippen LogP contribution < -0.4 is 22.1 Å². The SMILES string of the molecule is Cc1cccc2cccc(C(=O)NC3CN4C(N)=N[C@@H](CN5C(=O)CCC5=O)C5N=C(N)N[C@@]54C3(O)O)c12. The Kier molecular flexibility index (Phi) is 5.16. The third-order valence-corrected chi connectivity index (χ3v) is 7.99. The summed E-state index contributed by atoms with van der Waals surface area (Å²) in [5.41, 5.74) is 11.8. The number of nitrogens with one attached hydrogen (secondary N) is 2. The average Bonchev–Trinajstić information content (AvgIpc) is 3.47. The number of hydrogen-bond acceptors (Lipinski definition) is 11. The standard InChI is InChI=1S/C25H28N8O5/c1-12-4-2-5-13-6-3-7-14(19(12)13)21(36)29-16-11-33-23(27)28-15(10-32-17(34)8-9-18(32)35)20-24(33,25(16,37)38)31-22(26)30-20/h2-7,15-16,20,37-38H,8-11H2,1H3,(H2,27,28)(H,29,36)(H3,26,30,31)/t15-,16?,20?,24-/m0/s1. The molecular formula is C25H28N8O5. The van der Waals surface area contributed by atoms with Crippen LogP contribution in [0.5, 0.6) is 0 Å². The fraction of sp³-hybridized carbons (Fsp3) is 0.400. The zero-order chi connectivity index (χ0) is 27.0. The number of likely N-dealkylation sites (tertiary alicyclic amines) is 1. The Bertz CT molecular complexity index is 1430. The number of benzene rings is 2. The molecule has 198 valence electrons. The van der Waals surface area contributed by atoms with Gasteiger partial charge in [0.2, 0.25) is 17.6 Å². The molecule has 13 nitrogen and oxygen atoms in total. The second-order valence-corrected chi connectivity index (χ2v) is 10.1. The number of carbonyl (C=O) groups excluding carboxylic acids is 3. The van der Waals surface area contributed by atoms with Crippen molar-refractivity contribution in [1.29, 1.82) is 0 Å². The number of guanidine groups is 2. The molecule has 38 heavy (non-hydrogen) atoms. The van der Waals surface area contributed by atoms with E-state index < -0.39 is 35.5 Å². The second kappa shape index (κ2) is 8.13. The van der Waals surface area contributed by atoms with E-state index in [1.807, 2.05) is 31.2 Å². The average molecular weight is 521 g/mol. The zero-order valence-electron chi connectivity index (χ0n) is 20.6. The maximum atomic E-state index is 13.5. The van der Waals surface area contributed by atoms with Gasteiger partial charge in [0.1, 0.15) is 12.1 Å². The van der Waals surface area contributed by atoms with Crippen LogP contribution in [0.2, 0.25) is 0 Å². The molecule has 8 N–H and O–H groups in total. The van der Waals surface area contributed by atoms with Crippen molar-refractivity contribution in [2.24, 2.45) is 21.5 Å². The molecule has 2 aromatic carbocycles. The predicted molar refractivity (Wildman–Crippen MR) is 136 cm³/mol. The molecule has 0 aromatic heterocycles. The highest BCUT2D eigenvalue weighted by atomic mass is 16.5. The van der Waals surface area contributed by atoms with Crippen LogP contribution in [0.4, 0.5) is 0 Å². The van der Waals surface area contributed by atoms with Crippen LogP contribution in [-0.4, -0.2) is 92.3 Å². The number of aryl methyl sites for hydroxylation is 1. The van der Waals surface area contributed by atoms with Crippen molar-refractivity contribution in [2.45, 2.75) is 49.3 Å². The number of fused-ring (bicyclic) bond motifs is 1. The lowest BCUT2D eigenvalue weighted by Crippen LogP contribution is -2.78. The van der Waals surface area contributed by atoms with Gasteiger partial charge in [0, 0.05) is 24.9 Å². The maximum Gasteiger partial charge on any atom is 0.252 e. The molecule has 6 rings (SSSR count). The summed E-state index contributed by atoms with van der Waals surface area (Å²) in [5.74, 6) is -3.96. The van der Waals surface area contributed by atoms with Crippen molar-refractivity contribution in [3.05, 3.63) is 47.5 Å². The van der Waals surface area contributed by atoms with Gasteiger partial charge in [0.15, 0.2) is 17.6 Å². The third kappa shape index (κ3) is 3.21. The summed E-state index contributed by atoms with van der Waals surface area (Å²) >= 11 is 0. The molecule has 0 aliphatic carbocycles. The van der Waals surface area contributed by atoms with Crippen LogP contribution in [0.1, 0.15) is 28.8 Å². The van der Waals surface area contributed by atoms with Gasteiger partial charge in [0.25, 0.3) is 5.91 Å². The first kappa shape index (κ1) is 24.1. The Morgan fingerprint density at radius 2 is 1.82 bits per heavy atom. The summed E-state index contributed by atoms with van der Waals surface area (Å²) in [4.78, 5) is 49.4. The lowest BCUT2D eigenvalue weighted by Gasteiger charge is -2.49. The normalized spacial score (nSPS) is 29.6. The van der Waals surface area contributed by atoms with Crippen molar-refractivity contribution in [2.75, 3.05) is 13.1 Å². The highest BCUT2D eigenvalue weighted by molar-refractivity contribution is 6.08. The Balaban J connectivity index is 1.34. The monoisotopic (exact) mass is 520 g/mol. The number of nitrogens with zero attached hydrogens (tertiary/aromatic N) is 4. The van der Waals surface area contributed by atoms with Gasteiger partial charge in [-0.2, -0.15) is 0 Å².